The largest absolute Gasteiger partial charge is 0.298 e. The molecule has 2 aliphatic heterocycles. The van der Waals surface area contributed by atoms with E-state index >= 15 is 0 Å². The molecule has 0 aromatic heterocycles. The van der Waals surface area contributed by atoms with Crippen molar-refractivity contribution in [2.75, 3.05) is 38.2 Å². The van der Waals surface area contributed by atoms with Gasteiger partial charge in [-0.3, -0.25) is 9.80 Å². The van der Waals surface area contributed by atoms with Gasteiger partial charge < -0.3 is 0 Å². The molecule has 15 heavy (non-hydrogen) atoms. The highest BCUT2D eigenvalue weighted by molar-refractivity contribution is 7.98. The third-order valence-electron chi connectivity index (χ3n) is 3.98. The van der Waals surface area contributed by atoms with E-state index in [0.717, 1.165) is 12.1 Å². The number of hydrogen-bond acceptors (Lipinski definition) is 3. The standard InChI is InChI=1S/C12H24N2S/c1-11(5-9-15-2)14-8-7-13-6-3-4-12(13)10-14/h11-12H,3-10H2,1-2H3. The Labute approximate surface area is 98.4 Å². The van der Waals surface area contributed by atoms with Crippen LogP contribution in [0.15, 0.2) is 0 Å². The van der Waals surface area contributed by atoms with Crippen molar-refractivity contribution in [1.29, 1.82) is 0 Å². The highest BCUT2D eigenvalue weighted by atomic mass is 32.2. The fraction of sp³-hybridized carbons (Fsp3) is 1.00. The summed E-state index contributed by atoms with van der Waals surface area (Å²) in [6.45, 7) is 7.70. The molecule has 2 fully saturated rings. The molecular formula is C12H24N2S. The number of fused-ring (bicyclic) bond motifs is 1. The lowest BCUT2D eigenvalue weighted by molar-refractivity contribution is 0.0763. The summed E-state index contributed by atoms with van der Waals surface area (Å²) in [5.74, 6) is 1.31. The van der Waals surface area contributed by atoms with Crippen molar-refractivity contribution in [1.82, 2.24) is 9.80 Å². The van der Waals surface area contributed by atoms with Gasteiger partial charge in [0.2, 0.25) is 0 Å². The van der Waals surface area contributed by atoms with E-state index in [4.69, 9.17) is 0 Å². The summed E-state index contributed by atoms with van der Waals surface area (Å²) < 4.78 is 0. The molecule has 0 spiro atoms. The Morgan fingerprint density at radius 2 is 2.20 bits per heavy atom. The van der Waals surface area contributed by atoms with Gasteiger partial charge in [0.05, 0.1) is 0 Å². The molecule has 0 aromatic carbocycles. The summed E-state index contributed by atoms with van der Waals surface area (Å²) in [6.07, 6.45) is 6.43. The number of piperazine rings is 1. The van der Waals surface area contributed by atoms with Crippen LogP contribution in [0.1, 0.15) is 26.2 Å². The first-order valence-electron chi connectivity index (χ1n) is 6.28. The van der Waals surface area contributed by atoms with Crippen LogP contribution in [0.2, 0.25) is 0 Å². The number of thioether (sulfide) groups is 1. The number of rotatable bonds is 4. The summed E-state index contributed by atoms with van der Waals surface area (Å²) in [5, 5.41) is 0. The van der Waals surface area contributed by atoms with Crippen molar-refractivity contribution in [2.45, 2.75) is 38.3 Å². The van der Waals surface area contributed by atoms with E-state index in [2.05, 4.69) is 23.0 Å². The monoisotopic (exact) mass is 228 g/mol. The Balaban J connectivity index is 1.78. The molecule has 2 saturated heterocycles. The van der Waals surface area contributed by atoms with Gasteiger partial charge in [-0.05, 0) is 44.7 Å². The lowest BCUT2D eigenvalue weighted by Crippen LogP contribution is -2.52. The Hall–Kier alpha value is 0.270. The minimum atomic E-state index is 0.792. The highest BCUT2D eigenvalue weighted by Gasteiger charge is 2.31. The third kappa shape index (κ3) is 2.89. The van der Waals surface area contributed by atoms with E-state index in [-0.39, 0.29) is 0 Å². The summed E-state index contributed by atoms with van der Waals surface area (Å²) in [5.41, 5.74) is 0. The molecule has 3 heteroatoms. The van der Waals surface area contributed by atoms with Crippen molar-refractivity contribution in [3.63, 3.8) is 0 Å². The fourth-order valence-corrected chi connectivity index (χ4v) is 3.46. The maximum absolute atomic E-state index is 2.71. The smallest absolute Gasteiger partial charge is 0.0224 e. The predicted molar refractivity (Wildman–Crippen MR) is 68.6 cm³/mol. The molecule has 0 saturated carbocycles. The van der Waals surface area contributed by atoms with Gasteiger partial charge in [-0.2, -0.15) is 11.8 Å². The molecule has 0 N–H and O–H groups in total. The van der Waals surface area contributed by atoms with E-state index in [1.807, 2.05) is 11.8 Å². The first-order valence-corrected chi connectivity index (χ1v) is 7.67. The maximum atomic E-state index is 2.71. The molecule has 2 aliphatic rings. The van der Waals surface area contributed by atoms with Crippen LogP contribution in [0, 0.1) is 0 Å². The molecular weight excluding hydrogens is 204 g/mol. The Bertz CT molecular complexity index is 198. The zero-order valence-electron chi connectivity index (χ0n) is 10.1. The Morgan fingerprint density at radius 3 is 3.00 bits per heavy atom. The average molecular weight is 228 g/mol. The van der Waals surface area contributed by atoms with Crippen LogP contribution in [0.3, 0.4) is 0 Å². The second-order valence-corrected chi connectivity index (χ2v) is 5.94. The van der Waals surface area contributed by atoms with Crippen LogP contribution in [0.25, 0.3) is 0 Å². The predicted octanol–water partition coefficient (Wildman–Crippen LogP) is 1.91. The zero-order chi connectivity index (χ0) is 10.7. The zero-order valence-corrected chi connectivity index (χ0v) is 10.9. The number of hydrogen-bond donors (Lipinski definition) is 0. The Morgan fingerprint density at radius 1 is 1.33 bits per heavy atom. The first kappa shape index (κ1) is 11.7. The van der Waals surface area contributed by atoms with Gasteiger partial charge in [-0.15, -0.1) is 0 Å². The van der Waals surface area contributed by atoms with Crippen LogP contribution < -0.4 is 0 Å². The SMILES string of the molecule is CSCCC(C)N1CCN2CCCC2C1. The molecule has 0 radical (unpaired) electrons. The molecule has 88 valence electrons. The molecule has 2 rings (SSSR count). The fourth-order valence-electron chi connectivity index (χ4n) is 2.89. The van der Waals surface area contributed by atoms with Crippen LogP contribution in [-0.2, 0) is 0 Å². The van der Waals surface area contributed by atoms with Gasteiger partial charge in [0.1, 0.15) is 0 Å². The van der Waals surface area contributed by atoms with Gasteiger partial charge in [0.25, 0.3) is 0 Å². The topological polar surface area (TPSA) is 6.48 Å². The van der Waals surface area contributed by atoms with Crippen LogP contribution in [0.4, 0.5) is 0 Å². The molecule has 0 aromatic rings. The van der Waals surface area contributed by atoms with Crippen molar-refractivity contribution >= 4 is 11.8 Å². The second-order valence-electron chi connectivity index (χ2n) is 4.96. The van der Waals surface area contributed by atoms with Crippen molar-refractivity contribution in [2.24, 2.45) is 0 Å². The molecule has 0 bridgehead atoms. The first-order chi connectivity index (χ1) is 7.31. The van der Waals surface area contributed by atoms with E-state index in [1.165, 1.54) is 51.2 Å². The lowest BCUT2D eigenvalue weighted by Gasteiger charge is -2.40. The van der Waals surface area contributed by atoms with Crippen LogP contribution >= 0.6 is 11.8 Å². The minimum Gasteiger partial charge on any atom is -0.298 e. The van der Waals surface area contributed by atoms with E-state index < -0.39 is 0 Å². The van der Waals surface area contributed by atoms with Gasteiger partial charge in [0.15, 0.2) is 0 Å². The van der Waals surface area contributed by atoms with Crippen LogP contribution in [0.5, 0.6) is 0 Å². The quantitative estimate of drug-likeness (QED) is 0.726. The van der Waals surface area contributed by atoms with Crippen molar-refractivity contribution in [3.05, 3.63) is 0 Å². The summed E-state index contributed by atoms with van der Waals surface area (Å²) >= 11 is 1.98. The average Bonchev–Trinajstić information content (AvgIpc) is 2.72. The highest BCUT2D eigenvalue weighted by Crippen LogP contribution is 2.23. The van der Waals surface area contributed by atoms with Gasteiger partial charge in [-0.1, -0.05) is 0 Å². The summed E-state index contributed by atoms with van der Waals surface area (Å²) in [7, 11) is 0. The van der Waals surface area contributed by atoms with Crippen molar-refractivity contribution < 1.29 is 0 Å². The van der Waals surface area contributed by atoms with Gasteiger partial charge >= 0.3 is 0 Å². The minimum absolute atomic E-state index is 0.792. The molecule has 2 heterocycles. The third-order valence-corrected chi connectivity index (χ3v) is 4.63. The summed E-state index contributed by atoms with van der Waals surface area (Å²) in [6, 6.07) is 1.68. The van der Waals surface area contributed by atoms with Crippen molar-refractivity contribution in [3.8, 4) is 0 Å². The molecule has 0 amide bonds. The molecule has 2 atom stereocenters. The lowest BCUT2D eigenvalue weighted by atomic mass is 10.1. The van der Waals surface area contributed by atoms with Gasteiger partial charge in [0, 0.05) is 31.7 Å². The normalized spacial score (nSPS) is 30.4. The van der Waals surface area contributed by atoms with E-state index in [9.17, 15) is 0 Å². The van der Waals surface area contributed by atoms with Gasteiger partial charge in [-0.25, -0.2) is 0 Å². The second kappa shape index (κ2) is 5.55. The number of nitrogens with zero attached hydrogens (tertiary/aromatic N) is 2. The maximum Gasteiger partial charge on any atom is 0.0224 e. The molecule has 0 aliphatic carbocycles. The van der Waals surface area contributed by atoms with E-state index in [0.29, 0.717) is 0 Å². The summed E-state index contributed by atoms with van der Waals surface area (Å²) in [4.78, 5) is 5.40. The molecule has 2 nitrogen and oxygen atoms in total. The Kier molecular flexibility index (Phi) is 4.35. The van der Waals surface area contributed by atoms with Crippen LogP contribution in [-0.4, -0.2) is 60.1 Å². The van der Waals surface area contributed by atoms with E-state index in [1.54, 1.807) is 0 Å². The molecule has 2 unspecified atom stereocenters.